The number of nitrogens with zero attached hydrogens (tertiary/aromatic N) is 2. The monoisotopic (exact) mass is 243 g/mol. The number of aryl methyl sites for hydroxylation is 1. The molecule has 1 aliphatic rings. The summed E-state index contributed by atoms with van der Waals surface area (Å²) < 4.78 is 2.18. The smallest absolute Gasteiger partial charge is 0.0498 e. The van der Waals surface area contributed by atoms with Crippen molar-refractivity contribution in [1.82, 2.24) is 4.57 Å². The van der Waals surface area contributed by atoms with Crippen LogP contribution >= 0.6 is 0 Å². The minimum Gasteiger partial charge on any atom is -0.371 e. The molecule has 1 aromatic carbocycles. The lowest BCUT2D eigenvalue weighted by Crippen LogP contribution is -2.38. The summed E-state index contributed by atoms with van der Waals surface area (Å²) in [6.45, 7) is 3.07. The molecule has 1 atom stereocenters. The summed E-state index contributed by atoms with van der Waals surface area (Å²) >= 11 is 0. The molecule has 1 fully saturated rings. The van der Waals surface area contributed by atoms with Crippen molar-refractivity contribution in [3.8, 4) is 0 Å². The van der Waals surface area contributed by atoms with E-state index in [4.69, 9.17) is 5.73 Å². The van der Waals surface area contributed by atoms with Gasteiger partial charge in [0, 0.05) is 42.9 Å². The van der Waals surface area contributed by atoms with E-state index >= 15 is 0 Å². The molecule has 0 radical (unpaired) electrons. The summed E-state index contributed by atoms with van der Waals surface area (Å²) in [6, 6.07) is 8.80. The normalized spacial score (nSPS) is 20.6. The Morgan fingerprint density at radius 3 is 3.06 bits per heavy atom. The van der Waals surface area contributed by atoms with Crippen LogP contribution in [0.2, 0.25) is 0 Å². The van der Waals surface area contributed by atoms with Crippen LogP contribution in [0.3, 0.4) is 0 Å². The van der Waals surface area contributed by atoms with Crippen LogP contribution in [0.25, 0.3) is 10.9 Å². The maximum Gasteiger partial charge on any atom is 0.0498 e. The first kappa shape index (κ1) is 11.6. The van der Waals surface area contributed by atoms with Gasteiger partial charge in [0.25, 0.3) is 0 Å². The Balaban J connectivity index is 1.98. The maximum absolute atomic E-state index is 5.83. The van der Waals surface area contributed by atoms with Crippen LogP contribution in [0, 0.1) is 5.92 Å². The molecule has 18 heavy (non-hydrogen) atoms. The summed E-state index contributed by atoms with van der Waals surface area (Å²) in [5.74, 6) is 0.651. The van der Waals surface area contributed by atoms with Gasteiger partial charge in [0.15, 0.2) is 0 Å². The molecule has 1 aromatic heterocycles. The first-order valence-electron chi connectivity index (χ1n) is 6.78. The van der Waals surface area contributed by atoms with Crippen molar-refractivity contribution in [1.29, 1.82) is 0 Å². The van der Waals surface area contributed by atoms with Crippen molar-refractivity contribution < 1.29 is 0 Å². The predicted molar refractivity (Wildman–Crippen MR) is 76.9 cm³/mol. The van der Waals surface area contributed by atoms with Gasteiger partial charge < -0.3 is 15.2 Å². The Morgan fingerprint density at radius 1 is 1.33 bits per heavy atom. The van der Waals surface area contributed by atoms with Crippen LogP contribution in [-0.4, -0.2) is 24.2 Å². The number of aromatic nitrogens is 1. The predicted octanol–water partition coefficient (Wildman–Crippen LogP) is 2.35. The second-order valence-corrected chi connectivity index (χ2v) is 5.33. The average Bonchev–Trinajstić information content (AvgIpc) is 2.81. The van der Waals surface area contributed by atoms with E-state index in [1.165, 1.54) is 29.4 Å². The second-order valence-electron chi connectivity index (χ2n) is 5.33. The van der Waals surface area contributed by atoms with Crippen LogP contribution in [0.5, 0.6) is 0 Å². The lowest BCUT2D eigenvalue weighted by Gasteiger charge is -2.34. The van der Waals surface area contributed by atoms with E-state index in [9.17, 15) is 0 Å². The molecule has 3 heteroatoms. The fraction of sp³-hybridized carbons (Fsp3) is 0.467. The van der Waals surface area contributed by atoms with Crippen molar-refractivity contribution >= 4 is 16.6 Å². The van der Waals surface area contributed by atoms with Crippen LogP contribution in [0.4, 0.5) is 5.69 Å². The molecule has 3 nitrogen and oxygen atoms in total. The quantitative estimate of drug-likeness (QED) is 0.878. The topological polar surface area (TPSA) is 34.2 Å². The zero-order valence-electron chi connectivity index (χ0n) is 11.0. The third-order valence-electron chi connectivity index (χ3n) is 4.10. The van der Waals surface area contributed by atoms with E-state index in [2.05, 4.69) is 47.0 Å². The molecular formula is C15H21N3. The molecule has 1 unspecified atom stereocenters. The van der Waals surface area contributed by atoms with Gasteiger partial charge in [-0.25, -0.2) is 0 Å². The van der Waals surface area contributed by atoms with Gasteiger partial charge in [0.1, 0.15) is 0 Å². The zero-order chi connectivity index (χ0) is 12.5. The van der Waals surface area contributed by atoms with Crippen molar-refractivity contribution in [2.75, 3.05) is 24.5 Å². The van der Waals surface area contributed by atoms with E-state index in [0.29, 0.717) is 5.92 Å². The van der Waals surface area contributed by atoms with E-state index in [1.54, 1.807) is 0 Å². The number of fused-ring (bicyclic) bond motifs is 1. The Morgan fingerprint density at radius 2 is 2.22 bits per heavy atom. The van der Waals surface area contributed by atoms with E-state index in [-0.39, 0.29) is 0 Å². The summed E-state index contributed by atoms with van der Waals surface area (Å²) in [5.41, 5.74) is 8.50. The number of hydrogen-bond acceptors (Lipinski definition) is 2. The fourth-order valence-electron chi connectivity index (χ4n) is 3.04. The summed E-state index contributed by atoms with van der Waals surface area (Å²) in [7, 11) is 2.10. The Hall–Kier alpha value is -1.48. The number of benzene rings is 1. The molecule has 2 aromatic rings. The van der Waals surface area contributed by atoms with Crippen LogP contribution in [0.15, 0.2) is 30.5 Å². The lowest BCUT2D eigenvalue weighted by atomic mass is 9.97. The molecule has 0 amide bonds. The van der Waals surface area contributed by atoms with Gasteiger partial charge in [-0.05, 0) is 43.5 Å². The number of piperidine rings is 1. The first-order chi connectivity index (χ1) is 8.79. The highest BCUT2D eigenvalue weighted by Gasteiger charge is 2.20. The second kappa shape index (κ2) is 4.65. The van der Waals surface area contributed by atoms with Gasteiger partial charge in [0.2, 0.25) is 0 Å². The third kappa shape index (κ3) is 1.89. The molecule has 1 aliphatic heterocycles. The zero-order valence-corrected chi connectivity index (χ0v) is 11.0. The third-order valence-corrected chi connectivity index (χ3v) is 4.10. The van der Waals surface area contributed by atoms with Gasteiger partial charge in [-0.1, -0.05) is 6.07 Å². The number of rotatable bonds is 2. The Kier molecular flexibility index (Phi) is 3.00. The summed E-state index contributed by atoms with van der Waals surface area (Å²) in [5, 5.41) is 1.36. The van der Waals surface area contributed by atoms with Crippen molar-refractivity contribution in [3.63, 3.8) is 0 Å². The molecule has 2 N–H and O–H groups in total. The van der Waals surface area contributed by atoms with Crippen molar-refractivity contribution in [2.24, 2.45) is 18.7 Å². The standard InChI is InChI=1S/C15H21N3/c1-17-9-7-13-14(17)5-2-6-15(13)18-8-3-4-12(10-16)11-18/h2,5-7,9,12H,3-4,8,10-11,16H2,1H3. The Labute approximate surface area is 108 Å². The molecular weight excluding hydrogens is 222 g/mol. The number of anilines is 1. The SMILES string of the molecule is Cn1ccc2c(N3CCCC(CN)C3)cccc21. The van der Waals surface area contributed by atoms with Gasteiger partial charge in [-0.15, -0.1) is 0 Å². The van der Waals surface area contributed by atoms with Crippen molar-refractivity contribution in [3.05, 3.63) is 30.5 Å². The van der Waals surface area contributed by atoms with Gasteiger partial charge in [-0.2, -0.15) is 0 Å². The highest BCUT2D eigenvalue weighted by atomic mass is 15.1. The van der Waals surface area contributed by atoms with Crippen LogP contribution in [-0.2, 0) is 7.05 Å². The van der Waals surface area contributed by atoms with Crippen LogP contribution in [0.1, 0.15) is 12.8 Å². The summed E-state index contributed by atoms with van der Waals surface area (Å²) in [6.07, 6.45) is 4.67. The molecule has 1 saturated heterocycles. The van der Waals surface area contributed by atoms with Gasteiger partial charge in [-0.3, -0.25) is 0 Å². The fourth-order valence-corrected chi connectivity index (χ4v) is 3.04. The molecule has 0 saturated carbocycles. The highest BCUT2D eigenvalue weighted by molar-refractivity contribution is 5.93. The van der Waals surface area contributed by atoms with E-state index in [0.717, 1.165) is 19.6 Å². The molecule has 96 valence electrons. The number of nitrogens with two attached hydrogens (primary N) is 1. The molecule has 0 spiro atoms. The Bertz CT molecular complexity index is 544. The lowest BCUT2D eigenvalue weighted by molar-refractivity contribution is 0.424. The minimum absolute atomic E-state index is 0.651. The molecule has 0 aliphatic carbocycles. The molecule has 2 heterocycles. The van der Waals surface area contributed by atoms with Crippen LogP contribution < -0.4 is 10.6 Å². The first-order valence-corrected chi connectivity index (χ1v) is 6.78. The largest absolute Gasteiger partial charge is 0.371 e. The maximum atomic E-state index is 5.83. The van der Waals surface area contributed by atoms with Crippen molar-refractivity contribution in [2.45, 2.75) is 12.8 Å². The molecule has 3 rings (SSSR count). The van der Waals surface area contributed by atoms with E-state index in [1.807, 2.05) is 0 Å². The van der Waals surface area contributed by atoms with E-state index < -0.39 is 0 Å². The highest BCUT2D eigenvalue weighted by Crippen LogP contribution is 2.30. The van der Waals surface area contributed by atoms with Gasteiger partial charge >= 0.3 is 0 Å². The minimum atomic E-state index is 0.651. The average molecular weight is 243 g/mol. The summed E-state index contributed by atoms with van der Waals surface area (Å²) in [4.78, 5) is 2.50. The molecule has 0 bridgehead atoms. The van der Waals surface area contributed by atoms with Gasteiger partial charge in [0.05, 0.1) is 0 Å². The number of hydrogen-bond donors (Lipinski definition) is 1.